The summed E-state index contributed by atoms with van der Waals surface area (Å²) in [4.78, 5) is 7.35. The first-order valence-electron chi connectivity index (χ1n) is 8.78. The second-order valence-corrected chi connectivity index (χ2v) is 6.56. The second-order valence-electron chi connectivity index (χ2n) is 6.56. The molecule has 0 spiro atoms. The van der Waals surface area contributed by atoms with E-state index in [4.69, 9.17) is 0 Å². The lowest BCUT2D eigenvalue weighted by molar-refractivity contribution is -0.142. The molecule has 1 N–H and O–H groups in total. The lowest BCUT2D eigenvalue weighted by Gasteiger charge is -2.19. The van der Waals surface area contributed by atoms with E-state index in [1.165, 1.54) is 12.3 Å². The van der Waals surface area contributed by atoms with Gasteiger partial charge in [-0.1, -0.05) is 19.1 Å². The number of benzene rings is 1. The average molecular weight is 417 g/mol. The van der Waals surface area contributed by atoms with E-state index in [0.29, 0.717) is 24.4 Å². The molecule has 0 radical (unpaired) electrons. The molecule has 4 nitrogen and oxygen atoms in total. The van der Waals surface area contributed by atoms with Crippen molar-refractivity contribution < 1.29 is 31.4 Å². The highest BCUT2D eigenvalue weighted by Gasteiger charge is 2.38. The molecule has 1 aromatic carbocycles. The van der Waals surface area contributed by atoms with Crippen molar-refractivity contribution in [1.82, 2.24) is 14.5 Å². The summed E-state index contributed by atoms with van der Waals surface area (Å²) in [5, 5.41) is 10.5. The summed E-state index contributed by atoms with van der Waals surface area (Å²) in [5.74, 6) is 0.622. The lowest BCUT2D eigenvalue weighted by Crippen LogP contribution is -2.16. The summed E-state index contributed by atoms with van der Waals surface area (Å²) in [6.45, 7) is 1.77. The number of pyridine rings is 1. The van der Waals surface area contributed by atoms with Crippen molar-refractivity contribution in [2.24, 2.45) is 0 Å². The first-order valence-corrected chi connectivity index (χ1v) is 8.78. The van der Waals surface area contributed by atoms with Crippen molar-refractivity contribution in [3.63, 3.8) is 0 Å². The van der Waals surface area contributed by atoms with Crippen molar-refractivity contribution in [3.05, 3.63) is 59.3 Å². The summed E-state index contributed by atoms with van der Waals surface area (Å²) < 4.78 is 81.4. The molecule has 0 amide bonds. The van der Waals surface area contributed by atoms with Crippen LogP contribution in [0.25, 0.3) is 10.9 Å². The maximum atomic E-state index is 13.3. The molecule has 0 aliphatic carbocycles. The number of aryl methyl sites for hydroxylation is 1. The number of aliphatic hydroxyl groups is 1. The van der Waals surface area contributed by atoms with E-state index in [1.54, 1.807) is 10.8 Å². The molecule has 0 bridgehead atoms. The Bertz CT molecular complexity index is 1010. The third-order valence-corrected chi connectivity index (χ3v) is 4.47. The number of nitrogens with zero attached hydrogens (tertiary/aromatic N) is 3. The SMILES string of the molecule is CCCc1nccn1CC(O)c1cc(C(F)(F)F)nc2c(C(F)(F)F)cccc12. The Morgan fingerprint density at radius 3 is 2.45 bits per heavy atom. The molecule has 29 heavy (non-hydrogen) atoms. The zero-order chi connectivity index (χ0) is 21.4. The van der Waals surface area contributed by atoms with Crippen LogP contribution in [0.2, 0.25) is 0 Å². The topological polar surface area (TPSA) is 50.9 Å². The Kier molecular flexibility index (Phi) is 5.57. The van der Waals surface area contributed by atoms with Crippen molar-refractivity contribution in [2.45, 2.75) is 44.8 Å². The van der Waals surface area contributed by atoms with Gasteiger partial charge < -0.3 is 9.67 Å². The van der Waals surface area contributed by atoms with E-state index in [9.17, 15) is 31.4 Å². The van der Waals surface area contributed by atoms with Gasteiger partial charge in [0.25, 0.3) is 0 Å². The molecule has 0 aliphatic heterocycles. The third-order valence-electron chi connectivity index (χ3n) is 4.47. The highest BCUT2D eigenvalue weighted by molar-refractivity contribution is 5.86. The van der Waals surface area contributed by atoms with Crippen LogP contribution >= 0.6 is 0 Å². The van der Waals surface area contributed by atoms with Gasteiger partial charge in [0, 0.05) is 24.2 Å². The van der Waals surface area contributed by atoms with E-state index >= 15 is 0 Å². The molecule has 0 fully saturated rings. The van der Waals surface area contributed by atoms with Crippen molar-refractivity contribution in [1.29, 1.82) is 0 Å². The van der Waals surface area contributed by atoms with E-state index in [2.05, 4.69) is 9.97 Å². The van der Waals surface area contributed by atoms with Crippen molar-refractivity contribution >= 4 is 10.9 Å². The fourth-order valence-electron chi connectivity index (χ4n) is 3.17. The van der Waals surface area contributed by atoms with E-state index < -0.39 is 35.2 Å². The van der Waals surface area contributed by atoms with E-state index in [-0.39, 0.29) is 17.5 Å². The molecule has 3 aromatic rings. The molecule has 0 aliphatic rings. The minimum atomic E-state index is -4.97. The monoisotopic (exact) mass is 417 g/mol. The number of para-hydroxylation sites is 1. The molecule has 2 aromatic heterocycles. The second kappa shape index (κ2) is 7.66. The van der Waals surface area contributed by atoms with Crippen LogP contribution < -0.4 is 0 Å². The summed E-state index contributed by atoms with van der Waals surface area (Å²) in [6.07, 6.45) is -6.95. The number of aromatic nitrogens is 3. The van der Waals surface area contributed by atoms with Gasteiger partial charge >= 0.3 is 12.4 Å². The predicted octanol–water partition coefficient (Wildman–Crippen LogP) is 5.16. The van der Waals surface area contributed by atoms with Crippen LogP contribution in [0, 0.1) is 0 Å². The standard InChI is InChI=1S/C19H17F6N3O/c1-2-4-16-26-7-8-28(16)10-14(29)12-9-15(19(23,24)25)27-17-11(12)5-3-6-13(17)18(20,21)22/h3,5-9,14,29H,2,4,10H2,1H3. The van der Waals surface area contributed by atoms with Crippen LogP contribution in [-0.2, 0) is 25.3 Å². The summed E-state index contributed by atoms with van der Waals surface area (Å²) in [7, 11) is 0. The zero-order valence-electron chi connectivity index (χ0n) is 15.2. The van der Waals surface area contributed by atoms with Crippen molar-refractivity contribution in [3.8, 4) is 0 Å². The minimum absolute atomic E-state index is 0.151. The van der Waals surface area contributed by atoms with Crippen molar-refractivity contribution in [2.75, 3.05) is 0 Å². The molecule has 156 valence electrons. The third kappa shape index (κ3) is 4.36. The van der Waals surface area contributed by atoms with Gasteiger partial charge in [0.05, 0.1) is 23.7 Å². The number of rotatable bonds is 5. The van der Waals surface area contributed by atoms with Crippen LogP contribution in [0.4, 0.5) is 26.3 Å². The minimum Gasteiger partial charge on any atom is -0.387 e. The van der Waals surface area contributed by atoms with Gasteiger partial charge in [-0.2, -0.15) is 26.3 Å². The summed E-state index contributed by atoms with van der Waals surface area (Å²) >= 11 is 0. The Labute approximate surface area is 161 Å². The largest absolute Gasteiger partial charge is 0.433 e. The van der Waals surface area contributed by atoms with E-state index in [1.807, 2.05) is 6.92 Å². The first kappa shape index (κ1) is 21.1. The maximum absolute atomic E-state index is 13.3. The predicted molar refractivity (Wildman–Crippen MR) is 92.9 cm³/mol. The molecule has 1 unspecified atom stereocenters. The number of hydrogen-bond donors (Lipinski definition) is 1. The van der Waals surface area contributed by atoms with Gasteiger partial charge in [0.1, 0.15) is 11.5 Å². The highest BCUT2D eigenvalue weighted by Crippen LogP contribution is 2.39. The molecular weight excluding hydrogens is 400 g/mol. The Hall–Kier alpha value is -2.62. The number of alkyl halides is 6. The Balaban J connectivity index is 2.16. The maximum Gasteiger partial charge on any atom is 0.433 e. The molecule has 0 saturated carbocycles. The smallest absolute Gasteiger partial charge is 0.387 e. The quantitative estimate of drug-likeness (QED) is 0.584. The van der Waals surface area contributed by atoms with Crippen LogP contribution in [0.5, 0.6) is 0 Å². The zero-order valence-corrected chi connectivity index (χ0v) is 15.2. The molecule has 3 rings (SSSR count). The number of hydrogen-bond acceptors (Lipinski definition) is 3. The molecular formula is C19H17F6N3O. The fraction of sp³-hybridized carbons (Fsp3) is 0.368. The Morgan fingerprint density at radius 2 is 1.83 bits per heavy atom. The first-order chi connectivity index (χ1) is 13.5. The van der Waals surface area contributed by atoms with Gasteiger partial charge in [-0.15, -0.1) is 0 Å². The normalized spacial score (nSPS) is 13.8. The number of fused-ring (bicyclic) bond motifs is 1. The van der Waals surface area contributed by atoms with Gasteiger partial charge in [0.15, 0.2) is 0 Å². The number of aliphatic hydroxyl groups excluding tert-OH is 1. The number of halogens is 6. The van der Waals surface area contributed by atoms with E-state index in [0.717, 1.165) is 12.5 Å². The molecule has 10 heteroatoms. The summed E-state index contributed by atoms with van der Waals surface area (Å²) in [6, 6.07) is 3.57. The summed E-state index contributed by atoms with van der Waals surface area (Å²) in [5.41, 5.74) is -3.90. The van der Waals surface area contributed by atoms with Crippen LogP contribution in [0.1, 0.15) is 42.1 Å². The molecule has 1 atom stereocenters. The average Bonchev–Trinajstić information content (AvgIpc) is 3.05. The Morgan fingerprint density at radius 1 is 1.10 bits per heavy atom. The molecule has 2 heterocycles. The molecule has 0 saturated heterocycles. The highest BCUT2D eigenvalue weighted by atomic mass is 19.4. The van der Waals surface area contributed by atoms with Gasteiger partial charge in [-0.05, 0) is 24.1 Å². The fourth-order valence-corrected chi connectivity index (χ4v) is 3.17. The van der Waals surface area contributed by atoms with Crippen LogP contribution in [-0.4, -0.2) is 19.6 Å². The van der Waals surface area contributed by atoms with Gasteiger partial charge in [0.2, 0.25) is 0 Å². The van der Waals surface area contributed by atoms with Crippen LogP contribution in [0.3, 0.4) is 0 Å². The van der Waals surface area contributed by atoms with Gasteiger partial charge in [-0.3, -0.25) is 0 Å². The number of imidazole rings is 1. The van der Waals surface area contributed by atoms with Gasteiger partial charge in [-0.25, -0.2) is 9.97 Å². The lowest BCUT2D eigenvalue weighted by atomic mass is 9.99. The van der Waals surface area contributed by atoms with Crippen LogP contribution in [0.15, 0.2) is 36.7 Å².